The molecule has 0 aromatic carbocycles. The molecule has 0 atom stereocenters. The average Bonchev–Trinajstić information content (AvgIpc) is 2.45. The fraction of sp³-hybridized carbons (Fsp3) is 0.167. The summed E-state index contributed by atoms with van der Waals surface area (Å²) in [5, 5.41) is 0. The van der Waals surface area contributed by atoms with Gasteiger partial charge >= 0.3 is 5.97 Å². The minimum absolute atomic E-state index is 0.118. The highest BCUT2D eigenvalue weighted by Crippen LogP contribution is 2.19. The van der Waals surface area contributed by atoms with Crippen molar-refractivity contribution in [2.75, 3.05) is 7.11 Å². The van der Waals surface area contributed by atoms with Crippen LogP contribution < -0.4 is 0 Å². The maximum Gasteiger partial charge on any atom is 0.357 e. The molecule has 5 heteroatoms. The van der Waals surface area contributed by atoms with E-state index >= 15 is 0 Å². The molecule has 0 N–H and O–H groups in total. The fourth-order valence-corrected chi connectivity index (χ4v) is 1.33. The van der Waals surface area contributed by atoms with Crippen LogP contribution in [0.5, 0.6) is 0 Å². The van der Waals surface area contributed by atoms with E-state index in [0.29, 0.717) is 5.56 Å². The summed E-state index contributed by atoms with van der Waals surface area (Å²) in [6.45, 7) is -2.40. The molecule has 0 unspecified atom stereocenters. The maximum absolute atomic E-state index is 11.8. The molecule has 0 bridgehead atoms. The number of hydrogen-bond donors (Lipinski definition) is 0. The summed E-state index contributed by atoms with van der Waals surface area (Å²) in [4.78, 5) is 23.7. The minimum atomic E-state index is -2.40. The summed E-state index contributed by atoms with van der Waals surface area (Å²) in [5.74, 6) is -0.462. The summed E-state index contributed by atoms with van der Waals surface area (Å²) in [6, 6.07) is 4.41. The number of hydrogen-bond acceptors (Lipinski definition) is 5. The molecule has 2 aromatic rings. The predicted octanol–water partition coefficient (Wildman–Crippen LogP) is 1.63. The third-order valence-electron chi connectivity index (χ3n) is 2.08. The summed E-state index contributed by atoms with van der Waals surface area (Å²) >= 11 is 0. The highest BCUT2D eigenvalue weighted by molar-refractivity contribution is 5.94. The molecule has 17 heavy (non-hydrogen) atoms. The van der Waals surface area contributed by atoms with Crippen LogP contribution >= 0.6 is 0 Å². The summed E-state index contributed by atoms with van der Waals surface area (Å²) in [6.07, 6.45) is 3.03. The molecule has 0 aliphatic carbocycles. The van der Waals surface area contributed by atoms with Crippen LogP contribution in [0.15, 0.2) is 30.6 Å². The monoisotopic (exact) mass is 232 g/mol. The van der Waals surface area contributed by atoms with E-state index in [0.717, 1.165) is 0 Å². The van der Waals surface area contributed by atoms with Gasteiger partial charge in [0.15, 0.2) is 11.5 Å². The van der Waals surface area contributed by atoms with Gasteiger partial charge in [0.1, 0.15) is 0 Å². The van der Waals surface area contributed by atoms with Crippen LogP contribution in [0.1, 0.15) is 20.3 Å². The fourth-order valence-electron chi connectivity index (χ4n) is 1.33. The molecule has 0 fully saturated rings. The lowest BCUT2D eigenvalue weighted by Crippen LogP contribution is -2.08. The first-order valence-corrected chi connectivity index (χ1v) is 4.80. The Kier molecular flexibility index (Phi) is 2.18. The van der Waals surface area contributed by atoms with E-state index in [1.807, 2.05) is 0 Å². The number of rotatable bonds is 2. The van der Waals surface area contributed by atoms with E-state index < -0.39 is 12.8 Å². The van der Waals surface area contributed by atoms with Gasteiger partial charge in [0.05, 0.1) is 12.7 Å². The zero-order valence-electron chi connectivity index (χ0n) is 12.0. The van der Waals surface area contributed by atoms with Crippen LogP contribution in [0.25, 0.3) is 11.4 Å². The Balaban J connectivity index is 2.61. The van der Waals surface area contributed by atoms with Crippen molar-refractivity contribution in [3.05, 3.63) is 42.0 Å². The number of nitrogens with zero attached hydrogens (tertiary/aromatic N) is 3. The normalized spacial score (nSPS) is 13.4. The van der Waals surface area contributed by atoms with E-state index in [9.17, 15) is 4.79 Å². The quantitative estimate of drug-likeness (QED) is 0.736. The standard InChI is InChI=1S/C12H11N3O2/c1-8-4-5-9(10(15-8)12(16)17-2)11-13-6-3-7-14-11/h3-7H,1-2H3/i1D3. The van der Waals surface area contributed by atoms with Crippen molar-refractivity contribution < 1.29 is 13.6 Å². The van der Waals surface area contributed by atoms with Gasteiger partial charge in [-0.05, 0) is 25.1 Å². The first-order chi connectivity index (χ1) is 9.43. The second-order valence-electron chi connectivity index (χ2n) is 3.16. The van der Waals surface area contributed by atoms with Crippen molar-refractivity contribution in [1.82, 2.24) is 15.0 Å². The van der Waals surface area contributed by atoms with Gasteiger partial charge in [-0.2, -0.15) is 0 Å². The first-order valence-electron chi connectivity index (χ1n) is 6.30. The van der Waals surface area contributed by atoms with E-state index in [-0.39, 0.29) is 17.2 Å². The highest BCUT2D eigenvalue weighted by atomic mass is 16.5. The molecule has 86 valence electrons. The Morgan fingerprint density at radius 1 is 1.35 bits per heavy atom. The number of ether oxygens (including phenoxy) is 1. The lowest BCUT2D eigenvalue weighted by molar-refractivity contribution is 0.0594. The summed E-state index contributed by atoms with van der Waals surface area (Å²) in [7, 11) is 1.20. The van der Waals surface area contributed by atoms with E-state index in [1.165, 1.54) is 31.6 Å². The van der Waals surface area contributed by atoms with Crippen LogP contribution in [0.3, 0.4) is 0 Å². The van der Waals surface area contributed by atoms with Crippen molar-refractivity contribution >= 4 is 5.97 Å². The smallest absolute Gasteiger partial charge is 0.357 e. The van der Waals surface area contributed by atoms with Crippen molar-refractivity contribution in [3.63, 3.8) is 0 Å². The van der Waals surface area contributed by atoms with Crippen molar-refractivity contribution in [2.45, 2.75) is 6.85 Å². The van der Waals surface area contributed by atoms with Gasteiger partial charge in [-0.25, -0.2) is 19.7 Å². The van der Waals surface area contributed by atoms with E-state index in [1.54, 1.807) is 6.07 Å². The Bertz CT molecular complexity index is 630. The van der Waals surface area contributed by atoms with Gasteiger partial charge in [0.2, 0.25) is 0 Å². The zero-order chi connectivity index (χ0) is 14.8. The number of pyridine rings is 1. The number of carbonyl (C=O) groups is 1. The number of methoxy groups -OCH3 is 1. The van der Waals surface area contributed by atoms with E-state index in [4.69, 9.17) is 4.11 Å². The Labute approximate surface area is 103 Å². The van der Waals surface area contributed by atoms with Gasteiger partial charge < -0.3 is 4.74 Å². The SMILES string of the molecule is [2H]C([2H])([2H])c1ccc(-c2ncccn2)c(C(=O)OC)n1. The molecule has 2 heterocycles. The highest BCUT2D eigenvalue weighted by Gasteiger charge is 2.16. The van der Waals surface area contributed by atoms with E-state index in [2.05, 4.69) is 19.7 Å². The second-order valence-corrected chi connectivity index (χ2v) is 3.16. The zero-order valence-corrected chi connectivity index (χ0v) is 9.04. The first kappa shape index (κ1) is 7.89. The molecule has 0 saturated carbocycles. The third-order valence-corrected chi connectivity index (χ3v) is 2.08. The summed E-state index contributed by atoms with van der Waals surface area (Å²) in [5.41, 5.74) is 0.0235. The van der Waals surface area contributed by atoms with Gasteiger partial charge in [-0.15, -0.1) is 0 Å². The molecular weight excluding hydrogens is 218 g/mol. The van der Waals surface area contributed by atoms with Crippen LogP contribution in [0.4, 0.5) is 0 Å². The third kappa shape index (κ3) is 2.28. The molecule has 0 amide bonds. The molecule has 0 aliphatic rings. The van der Waals surface area contributed by atoms with Crippen LogP contribution in [0, 0.1) is 6.85 Å². The number of aryl methyl sites for hydroxylation is 1. The van der Waals surface area contributed by atoms with Gasteiger partial charge in [0.25, 0.3) is 0 Å². The van der Waals surface area contributed by atoms with Gasteiger partial charge in [-0.3, -0.25) is 0 Å². The molecule has 0 aliphatic heterocycles. The second kappa shape index (κ2) is 4.69. The predicted molar refractivity (Wildman–Crippen MR) is 61.3 cm³/mol. The lowest BCUT2D eigenvalue weighted by Gasteiger charge is -2.06. The topological polar surface area (TPSA) is 65.0 Å². The molecule has 5 nitrogen and oxygen atoms in total. The molecule has 0 spiro atoms. The molecule has 2 aromatic heterocycles. The largest absolute Gasteiger partial charge is 0.464 e. The van der Waals surface area contributed by atoms with Crippen LogP contribution in [0.2, 0.25) is 0 Å². The Morgan fingerprint density at radius 2 is 2.12 bits per heavy atom. The molecule has 0 saturated heterocycles. The Hall–Kier alpha value is -2.30. The Morgan fingerprint density at radius 3 is 2.76 bits per heavy atom. The molecule has 0 radical (unpaired) electrons. The van der Waals surface area contributed by atoms with Crippen molar-refractivity contribution in [1.29, 1.82) is 0 Å². The van der Waals surface area contributed by atoms with Crippen LogP contribution in [-0.4, -0.2) is 28.0 Å². The minimum Gasteiger partial charge on any atom is -0.464 e. The van der Waals surface area contributed by atoms with Crippen molar-refractivity contribution in [2.24, 2.45) is 0 Å². The number of carbonyl (C=O) groups excluding carboxylic acids is 1. The molecular formula is C12H11N3O2. The number of esters is 1. The van der Waals surface area contributed by atoms with Crippen LogP contribution in [-0.2, 0) is 4.74 Å². The summed E-state index contributed by atoms with van der Waals surface area (Å²) < 4.78 is 26.6. The van der Waals surface area contributed by atoms with Gasteiger partial charge in [0, 0.05) is 22.2 Å². The average molecular weight is 232 g/mol. The number of aromatic nitrogens is 3. The molecule has 2 rings (SSSR count). The van der Waals surface area contributed by atoms with Crippen molar-refractivity contribution in [3.8, 4) is 11.4 Å². The maximum atomic E-state index is 11.8. The van der Waals surface area contributed by atoms with Gasteiger partial charge in [-0.1, -0.05) is 0 Å². The lowest BCUT2D eigenvalue weighted by atomic mass is 10.1.